The molecule has 0 aliphatic heterocycles. The van der Waals surface area contributed by atoms with Gasteiger partial charge in [0, 0.05) is 20.7 Å². The maximum Gasteiger partial charge on any atom is 0.260 e. The number of rotatable bonds is 2. The van der Waals surface area contributed by atoms with Gasteiger partial charge in [0.15, 0.2) is 0 Å². The molecule has 0 saturated heterocycles. The molecule has 0 fully saturated rings. The van der Waals surface area contributed by atoms with Crippen LogP contribution in [0.4, 0.5) is 5.69 Å². The Hall–Kier alpha value is -1.85. The van der Waals surface area contributed by atoms with Crippen LogP contribution in [-0.4, -0.2) is 10.1 Å². The standard InChI is InChI=1S/C14H9BrClN3O/c15-9-3-6-12(17)11(7-9)14-18-13(19-20-14)8-1-4-10(16)5-2-8/h1-7H,17H2. The van der Waals surface area contributed by atoms with Crippen molar-refractivity contribution in [2.75, 3.05) is 5.73 Å². The number of benzene rings is 2. The molecule has 0 saturated carbocycles. The maximum atomic E-state index is 5.92. The minimum atomic E-state index is 0.383. The van der Waals surface area contributed by atoms with E-state index in [4.69, 9.17) is 21.9 Å². The summed E-state index contributed by atoms with van der Waals surface area (Å²) in [6.45, 7) is 0. The first-order chi connectivity index (χ1) is 9.63. The number of nitrogens with zero attached hydrogens (tertiary/aromatic N) is 2. The van der Waals surface area contributed by atoms with E-state index in [0.717, 1.165) is 10.0 Å². The summed E-state index contributed by atoms with van der Waals surface area (Å²) in [6.07, 6.45) is 0. The number of nitrogens with two attached hydrogens (primary N) is 1. The SMILES string of the molecule is Nc1ccc(Br)cc1-c1nc(-c2ccc(Cl)cc2)no1. The molecule has 6 heteroatoms. The highest BCUT2D eigenvalue weighted by Crippen LogP contribution is 2.29. The number of aromatic nitrogens is 2. The molecule has 0 atom stereocenters. The summed E-state index contributed by atoms with van der Waals surface area (Å²) >= 11 is 9.25. The first kappa shape index (κ1) is 13.1. The third kappa shape index (κ3) is 2.55. The van der Waals surface area contributed by atoms with Gasteiger partial charge in [-0.25, -0.2) is 0 Å². The summed E-state index contributed by atoms with van der Waals surface area (Å²) < 4.78 is 6.17. The Kier molecular flexibility index (Phi) is 3.46. The van der Waals surface area contributed by atoms with E-state index < -0.39 is 0 Å². The van der Waals surface area contributed by atoms with Gasteiger partial charge in [-0.3, -0.25) is 0 Å². The van der Waals surface area contributed by atoms with Gasteiger partial charge in [-0.2, -0.15) is 4.98 Å². The fraction of sp³-hybridized carbons (Fsp3) is 0. The average Bonchev–Trinajstić information content (AvgIpc) is 2.92. The van der Waals surface area contributed by atoms with Crippen LogP contribution in [0.3, 0.4) is 0 Å². The van der Waals surface area contributed by atoms with Crippen LogP contribution in [0.1, 0.15) is 0 Å². The van der Waals surface area contributed by atoms with E-state index in [9.17, 15) is 0 Å². The fourth-order valence-corrected chi connectivity index (χ4v) is 2.25. The van der Waals surface area contributed by atoms with Crippen LogP contribution in [-0.2, 0) is 0 Å². The Morgan fingerprint density at radius 2 is 1.85 bits per heavy atom. The van der Waals surface area contributed by atoms with Crippen LogP contribution >= 0.6 is 27.5 Å². The molecule has 2 N–H and O–H groups in total. The van der Waals surface area contributed by atoms with Crippen LogP contribution < -0.4 is 5.73 Å². The lowest BCUT2D eigenvalue weighted by molar-refractivity contribution is 0.432. The quantitative estimate of drug-likeness (QED) is 0.696. The summed E-state index contributed by atoms with van der Waals surface area (Å²) in [7, 11) is 0. The molecule has 3 aromatic rings. The second kappa shape index (κ2) is 5.26. The number of hydrogen-bond acceptors (Lipinski definition) is 4. The lowest BCUT2D eigenvalue weighted by Gasteiger charge is -2.00. The Morgan fingerprint density at radius 3 is 2.60 bits per heavy atom. The van der Waals surface area contributed by atoms with Gasteiger partial charge < -0.3 is 10.3 Å². The van der Waals surface area contributed by atoms with Gasteiger partial charge in [0.25, 0.3) is 5.89 Å². The number of anilines is 1. The van der Waals surface area contributed by atoms with E-state index in [1.165, 1.54) is 0 Å². The van der Waals surface area contributed by atoms with Crippen LogP contribution in [0.2, 0.25) is 5.02 Å². The highest BCUT2D eigenvalue weighted by atomic mass is 79.9. The maximum absolute atomic E-state index is 5.92. The molecule has 20 heavy (non-hydrogen) atoms. The predicted molar refractivity (Wildman–Crippen MR) is 82.3 cm³/mol. The molecule has 0 amide bonds. The fourth-order valence-electron chi connectivity index (χ4n) is 1.76. The molecule has 0 aliphatic rings. The van der Waals surface area contributed by atoms with Crippen LogP contribution in [0, 0.1) is 0 Å². The van der Waals surface area contributed by atoms with E-state index in [1.54, 1.807) is 18.2 Å². The van der Waals surface area contributed by atoms with Gasteiger partial charge in [-0.1, -0.05) is 32.7 Å². The molecule has 0 bridgehead atoms. The normalized spacial score (nSPS) is 10.7. The first-order valence-electron chi connectivity index (χ1n) is 5.78. The summed E-state index contributed by atoms with van der Waals surface area (Å²) in [5, 5.41) is 4.62. The topological polar surface area (TPSA) is 64.9 Å². The molecular formula is C14H9BrClN3O. The molecule has 1 heterocycles. The molecule has 0 spiro atoms. The average molecular weight is 351 g/mol. The third-order valence-electron chi connectivity index (χ3n) is 2.77. The highest BCUT2D eigenvalue weighted by Gasteiger charge is 2.13. The largest absolute Gasteiger partial charge is 0.398 e. The lowest BCUT2D eigenvalue weighted by Crippen LogP contribution is -1.90. The van der Waals surface area contributed by atoms with Crippen molar-refractivity contribution in [3.63, 3.8) is 0 Å². The molecule has 0 unspecified atom stereocenters. The lowest BCUT2D eigenvalue weighted by atomic mass is 10.2. The predicted octanol–water partition coefficient (Wildman–Crippen LogP) is 4.40. The molecule has 2 aromatic carbocycles. The molecule has 0 radical (unpaired) electrons. The zero-order valence-electron chi connectivity index (χ0n) is 10.2. The van der Waals surface area contributed by atoms with Crippen LogP contribution in [0.25, 0.3) is 22.8 Å². The van der Waals surface area contributed by atoms with Gasteiger partial charge in [0.05, 0.1) is 5.56 Å². The second-order valence-corrected chi connectivity index (χ2v) is 5.51. The zero-order valence-corrected chi connectivity index (χ0v) is 12.5. The van der Waals surface area contributed by atoms with Gasteiger partial charge in [-0.05, 0) is 42.5 Å². The minimum Gasteiger partial charge on any atom is -0.398 e. The third-order valence-corrected chi connectivity index (χ3v) is 3.52. The van der Waals surface area contributed by atoms with E-state index in [-0.39, 0.29) is 0 Å². The van der Waals surface area contributed by atoms with Crippen molar-refractivity contribution in [3.05, 3.63) is 52.0 Å². The molecule has 3 rings (SSSR count). The summed E-state index contributed by atoms with van der Waals surface area (Å²) in [5.74, 6) is 0.879. The highest BCUT2D eigenvalue weighted by molar-refractivity contribution is 9.10. The van der Waals surface area contributed by atoms with E-state index in [0.29, 0.717) is 28.0 Å². The Labute approximate surface area is 128 Å². The Balaban J connectivity index is 2.01. The van der Waals surface area contributed by atoms with Crippen molar-refractivity contribution in [1.29, 1.82) is 0 Å². The zero-order chi connectivity index (χ0) is 14.1. The number of halogens is 2. The molecule has 0 aliphatic carbocycles. The number of hydrogen-bond donors (Lipinski definition) is 1. The van der Waals surface area contributed by atoms with Crippen molar-refractivity contribution in [2.24, 2.45) is 0 Å². The Morgan fingerprint density at radius 1 is 1.10 bits per heavy atom. The molecule has 1 aromatic heterocycles. The van der Waals surface area contributed by atoms with Crippen molar-refractivity contribution < 1.29 is 4.52 Å². The minimum absolute atomic E-state index is 0.383. The molecule has 4 nitrogen and oxygen atoms in total. The van der Waals surface area contributed by atoms with E-state index >= 15 is 0 Å². The van der Waals surface area contributed by atoms with Crippen molar-refractivity contribution >= 4 is 33.2 Å². The van der Waals surface area contributed by atoms with Crippen molar-refractivity contribution in [2.45, 2.75) is 0 Å². The van der Waals surface area contributed by atoms with Gasteiger partial charge in [0.1, 0.15) is 0 Å². The van der Waals surface area contributed by atoms with Gasteiger partial charge >= 0.3 is 0 Å². The molecule has 100 valence electrons. The monoisotopic (exact) mass is 349 g/mol. The van der Waals surface area contributed by atoms with Gasteiger partial charge in [0.2, 0.25) is 5.82 Å². The van der Waals surface area contributed by atoms with Crippen LogP contribution in [0.15, 0.2) is 51.5 Å². The van der Waals surface area contributed by atoms with E-state index in [1.807, 2.05) is 24.3 Å². The van der Waals surface area contributed by atoms with Crippen LogP contribution in [0.5, 0.6) is 0 Å². The number of nitrogen functional groups attached to an aromatic ring is 1. The van der Waals surface area contributed by atoms with Crippen molar-refractivity contribution in [3.8, 4) is 22.8 Å². The summed E-state index contributed by atoms with van der Waals surface area (Å²) in [6, 6.07) is 12.7. The van der Waals surface area contributed by atoms with Gasteiger partial charge in [-0.15, -0.1) is 0 Å². The summed E-state index contributed by atoms with van der Waals surface area (Å²) in [4.78, 5) is 4.36. The smallest absolute Gasteiger partial charge is 0.260 e. The Bertz CT molecular complexity index is 755. The van der Waals surface area contributed by atoms with E-state index in [2.05, 4.69) is 26.1 Å². The van der Waals surface area contributed by atoms with Crippen molar-refractivity contribution in [1.82, 2.24) is 10.1 Å². The first-order valence-corrected chi connectivity index (χ1v) is 6.95. The second-order valence-electron chi connectivity index (χ2n) is 4.16. The summed E-state index contributed by atoms with van der Waals surface area (Å²) in [5.41, 5.74) is 8.04. The molecular weight excluding hydrogens is 342 g/mol.